The second-order valence-corrected chi connectivity index (χ2v) is 5.23. The zero-order valence-electron chi connectivity index (χ0n) is 11.6. The molecule has 2 rings (SSSR count). The van der Waals surface area contributed by atoms with Crippen LogP contribution in [-0.2, 0) is 11.3 Å². The van der Waals surface area contributed by atoms with E-state index < -0.39 is 0 Å². The Bertz CT molecular complexity index is 639. The number of ketones is 1. The maximum atomic E-state index is 12.7. The van der Waals surface area contributed by atoms with E-state index in [-0.39, 0.29) is 5.78 Å². The summed E-state index contributed by atoms with van der Waals surface area (Å²) in [5, 5.41) is 12.1. The lowest BCUT2D eigenvalue weighted by atomic mass is 10.1. The summed E-state index contributed by atoms with van der Waals surface area (Å²) in [6.45, 7) is 4.57. The summed E-state index contributed by atoms with van der Waals surface area (Å²) in [4.78, 5) is 12.7. The monoisotopic (exact) mass is 338 g/mol. The second kappa shape index (κ2) is 6.23. The van der Waals surface area contributed by atoms with Crippen molar-refractivity contribution in [2.24, 2.45) is 0 Å². The van der Waals surface area contributed by atoms with Gasteiger partial charge in [0.2, 0.25) is 5.78 Å². The molecular weight excluding hydrogens is 324 g/mol. The third-order valence-corrected chi connectivity index (χ3v) is 3.44. The van der Waals surface area contributed by atoms with Crippen LogP contribution in [0.15, 0.2) is 16.7 Å². The van der Waals surface area contributed by atoms with Gasteiger partial charge in [-0.05, 0) is 35.8 Å². The van der Waals surface area contributed by atoms with E-state index in [0.29, 0.717) is 40.3 Å². The molecule has 0 aromatic carbocycles. The second-order valence-electron chi connectivity index (χ2n) is 4.37. The molecule has 0 bridgehead atoms. The van der Waals surface area contributed by atoms with Crippen LogP contribution in [0.3, 0.4) is 0 Å². The molecule has 7 heteroatoms. The van der Waals surface area contributed by atoms with E-state index in [4.69, 9.17) is 4.74 Å². The third kappa shape index (κ3) is 2.94. The Morgan fingerprint density at radius 3 is 2.85 bits per heavy atom. The first kappa shape index (κ1) is 14.8. The fraction of sp³-hybridized carbons (Fsp3) is 0.385. The zero-order chi connectivity index (χ0) is 14.7. The van der Waals surface area contributed by atoms with Crippen LogP contribution in [-0.4, -0.2) is 39.5 Å². The van der Waals surface area contributed by atoms with Crippen molar-refractivity contribution in [3.05, 3.63) is 39.4 Å². The Morgan fingerprint density at radius 1 is 1.40 bits per heavy atom. The molecule has 106 valence electrons. The van der Waals surface area contributed by atoms with Gasteiger partial charge in [-0.25, -0.2) is 0 Å². The van der Waals surface area contributed by atoms with E-state index in [9.17, 15) is 4.79 Å². The summed E-state index contributed by atoms with van der Waals surface area (Å²) in [5.74, 6) is -0.124. The van der Waals surface area contributed by atoms with Gasteiger partial charge in [0.05, 0.1) is 35.2 Å². The van der Waals surface area contributed by atoms with Gasteiger partial charge in [-0.2, -0.15) is 15.3 Å². The Labute approximate surface area is 125 Å². The van der Waals surface area contributed by atoms with Crippen molar-refractivity contribution in [1.29, 1.82) is 0 Å². The van der Waals surface area contributed by atoms with Crippen LogP contribution in [0, 0.1) is 13.8 Å². The van der Waals surface area contributed by atoms with Crippen molar-refractivity contribution >= 4 is 21.7 Å². The smallest absolute Gasteiger partial charge is 0.214 e. The Hall–Kier alpha value is -1.60. The van der Waals surface area contributed by atoms with Crippen molar-refractivity contribution in [3.8, 4) is 0 Å². The molecule has 0 amide bonds. The number of carbonyl (C=O) groups is 1. The number of halogens is 1. The first-order valence-corrected chi connectivity index (χ1v) is 6.89. The maximum Gasteiger partial charge on any atom is 0.214 e. The Balaban J connectivity index is 2.42. The lowest BCUT2D eigenvalue weighted by Crippen LogP contribution is -2.16. The van der Waals surface area contributed by atoms with Crippen LogP contribution in [0.25, 0.3) is 0 Å². The van der Waals surface area contributed by atoms with Crippen LogP contribution in [0.1, 0.15) is 27.4 Å². The molecule has 20 heavy (non-hydrogen) atoms. The molecule has 0 unspecified atom stereocenters. The van der Waals surface area contributed by atoms with Crippen LogP contribution in [0.5, 0.6) is 0 Å². The average Bonchev–Trinajstić information content (AvgIpc) is 2.79. The molecule has 2 aromatic heterocycles. The van der Waals surface area contributed by atoms with Crippen molar-refractivity contribution < 1.29 is 9.53 Å². The maximum absolute atomic E-state index is 12.7. The molecule has 0 spiro atoms. The van der Waals surface area contributed by atoms with E-state index in [1.807, 2.05) is 0 Å². The van der Waals surface area contributed by atoms with Crippen LogP contribution < -0.4 is 0 Å². The molecule has 0 aliphatic heterocycles. The minimum Gasteiger partial charge on any atom is -0.383 e. The number of carbonyl (C=O) groups excluding carboxylic acids is 1. The molecule has 2 heterocycles. The molecule has 0 N–H and O–H groups in total. The third-order valence-electron chi connectivity index (χ3n) is 2.86. The molecule has 0 saturated carbocycles. The van der Waals surface area contributed by atoms with Crippen molar-refractivity contribution in [3.63, 3.8) is 0 Å². The summed E-state index contributed by atoms with van der Waals surface area (Å²) in [6, 6.07) is 1.74. The minimum absolute atomic E-state index is 0.124. The summed E-state index contributed by atoms with van der Waals surface area (Å²) in [6.07, 6.45) is 1.61. The van der Waals surface area contributed by atoms with Gasteiger partial charge in [0, 0.05) is 12.7 Å². The number of nitrogens with zero attached hydrogens (tertiary/aromatic N) is 4. The minimum atomic E-state index is -0.124. The van der Waals surface area contributed by atoms with Gasteiger partial charge in [-0.3, -0.25) is 9.48 Å². The van der Waals surface area contributed by atoms with Crippen LogP contribution in [0.4, 0.5) is 0 Å². The number of hydrogen-bond donors (Lipinski definition) is 0. The van der Waals surface area contributed by atoms with E-state index in [1.165, 1.54) is 0 Å². The van der Waals surface area contributed by atoms with Crippen LogP contribution >= 0.6 is 15.9 Å². The van der Waals surface area contributed by atoms with Gasteiger partial charge in [0.25, 0.3) is 0 Å². The normalized spacial score (nSPS) is 10.8. The highest BCUT2D eigenvalue weighted by molar-refractivity contribution is 9.10. The molecule has 6 nitrogen and oxygen atoms in total. The Kier molecular flexibility index (Phi) is 4.61. The van der Waals surface area contributed by atoms with Gasteiger partial charge in [-0.15, -0.1) is 0 Å². The fourth-order valence-electron chi connectivity index (χ4n) is 1.84. The number of aromatic nitrogens is 4. The molecule has 0 saturated heterocycles. The first-order valence-electron chi connectivity index (χ1n) is 6.10. The first-order chi connectivity index (χ1) is 9.54. The largest absolute Gasteiger partial charge is 0.383 e. The molecule has 0 atom stereocenters. The predicted molar refractivity (Wildman–Crippen MR) is 76.7 cm³/mol. The van der Waals surface area contributed by atoms with Crippen LogP contribution in [0.2, 0.25) is 0 Å². The molecule has 0 aliphatic carbocycles. The van der Waals surface area contributed by atoms with E-state index in [1.54, 1.807) is 37.9 Å². The highest BCUT2D eigenvalue weighted by Gasteiger charge is 2.21. The highest BCUT2D eigenvalue weighted by atomic mass is 79.9. The quantitative estimate of drug-likeness (QED) is 0.779. The topological polar surface area (TPSA) is 69.9 Å². The number of methoxy groups -OCH3 is 1. The molecule has 0 fully saturated rings. The van der Waals surface area contributed by atoms with E-state index in [2.05, 4.69) is 31.2 Å². The molecule has 0 radical (unpaired) electrons. The van der Waals surface area contributed by atoms with Gasteiger partial charge in [0.1, 0.15) is 5.69 Å². The number of ether oxygens (including phenoxy) is 1. The molecule has 2 aromatic rings. The van der Waals surface area contributed by atoms with E-state index >= 15 is 0 Å². The Morgan fingerprint density at radius 2 is 2.15 bits per heavy atom. The van der Waals surface area contributed by atoms with Crippen molar-refractivity contribution in [1.82, 2.24) is 20.0 Å². The van der Waals surface area contributed by atoms with E-state index in [0.717, 1.165) is 0 Å². The van der Waals surface area contributed by atoms with Gasteiger partial charge in [0.15, 0.2) is 0 Å². The van der Waals surface area contributed by atoms with Gasteiger partial charge < -0.3 is 4.74 Å². The lowest BCUT2D eigenvalue weighted by molar-refractivity contribution is 0.102. The summed E-state index contributed by atoms with van der Waals surface area (Å²) < 4.78 is 7.32. The summed E-state index contributed by atoms with van der Waals surface area (Å²) in [5.41, 5.74) is 2.35. The highest BCUT2D eigenvalue weighted by Crippen LogP contribution is 2.21. The predicted octanol–water partition coefficient (Wildman–Crippen LogP) is 1.93. The summed E-state index contributed by atoms with van der Waals surface area (Å²) in [7, 11) is 1.61. The average molecular weight is 339 g/mol. The summed E-state index contributed by atoms with van der Waals surface area (Å²) >= 11 is 3.37. The number of rotatable bonds is 5. The zero-order valence-corrected chi connectivity index (χ0v) is 13.1. The fourth-order valence-corrected chi connectivity index (χ4v) is 2.32. The van der Waals surface area contributed by atoms with Gasteiger partial charge in [-0.1, -0.05) is 0 Å². The van der Waals surface area contributed by atoms with Gasteiger partial charge >= 0.3 is 0 Å². The van der Waals surface area contributed by atoms with Crippen molar-refractivity contribution in [2.45, 2.75) is 20.4 Å². The van der Waals surface area contributed by atoms with Crippen molar-refractivity contribution in [2.75, 3.05) is 13.7 Å². The SMILES string of the molecule is COCCn1ncc(Br)c1C(=O)c1cc(C)nnc1C. The number of hydrogen-bond acceptors (Lipinski definition) is 5. The number of aryl methyl sites for hydroxylation is 2. The standard InChI is InChI=1S/C13H15BrN4O2/c1-8-6-10(9(2)17-16-8)13(19)12-11(14)7-15-18(12)4-5-20-3/h6-7H,4-5H2,1-3H3. The molecule has 0 aliphatic rings. The molecular formula is C13H15BrN4O2. The lowest BCUT2D eigenvalue weighted by Gasteiger charge is -2.08.